The zero-order chi connectivity index (χ0) is 13.5. The van der Waals surface area contributed by atoms with Crippen LogP contribution in [0, 0.1) is 10.1 Å². The largest absolute Gasteiger partial charge is 0.492 e. The minimum Gasteiger partial charge on any atom is -0.492 e. The van der Waals surface area contributed by atoms with Crippen molar-refractivity contribution in [3.8, 4) is 5.75 Å². The Hall–Kier alpha value is -2.56. The number of nitrogens with one attached hydrogen (secondary N) is 1. The molecule has 0 aromatic heterocycles. The zero-order valence-electron chi connectivity index (χ0n) is 10.3. The van der Waals surface area contributed by atoms with Crippen molar-refractivity contribution in [2.45, 2.75) is 0 Å². The summed E-state index contributed by atoms with van der Waals surface area (Å²) in [6, 6.07) is 15.9. The van der Waals surface area contributed by atoms with Gasteiger partial charge in [-0.2, -0.15) is 0 Å². The van der Waals surface area contributed by atoms with Crippen molar-refractivity contribution in [2.24, 2.45) is 0 Å². The van der Waals surface area contributed by atoms with Crippen LogP contribution in [0.5, 0.6) is 5.75 Å². The number of ether oxygens (including phenoxy) is 1. The molecule has 0 spiro atoms. The topological polar surface area (TPSA) is 64.4 Å². The maximum atomic E-state index is 10.6. The highest BCUT2D eigenvalue weighted by Gasteiger charge is 2.04. The Morgan fingerprint density at radius 1 is 1.11 bits per heavy atom. The summed E-state index contributed by atoms with van der Waals surface area (Å²) in [5.74, 6) is 0.809. The first-order chi connectivity index (χ1) is 9.25. The van der Waals surface area contributed by atoms with Gasteiger partial charge in [-0.15, -0.1) is 0 Å². The second-order valence-electron chi connectivity index (χ2n) is 3.90. The molecule has 0 saturated carbocycles. The summed E-state index contributed by atoms with van der Waals surface area (Å²) in [7, 11) is 0. The number of anilines is 1. The molecule has 19 heavy (non-hydrogen) atoms. The number of nitro benzene ring substituents is 1. The lowest BCUT2D eigenvalue weighted by Gasteiger charge is -2.08. The van der Waals surface area contributed by atoms with Gasteiger partial charge in [0, 0.05) is 24.4 Å². The van der Waals surface area contributed by atoms with Crippen molar-refractivity contribution in [1.29, 1.82) is 0 Å². The first kappa shape index (κ1) is 12.9. The number of non-ortho nitro benzene ring substituents is 1. The number of rotatable bonds is 6. The van der Waals surface area contributed by atoms with E-state index in [-0.39, 0.29) is 5.69 Å². The lowest BCUT2D eigenvalue weighted by atomic mass is 10.3. The highest BCUT2D eigenvalue weighted by Crippen LogP contribution is 2.16. The molecule has 0 heterocycles. The van der Waals surface area contributed by atoms with Crippen LogP contribution < -0.4 is 10.1 Å². The van der Waals surface area contributed by atoms with E-state index in [1.54, 1.807) is 12.1 Å². The summed E-state index contributed by atoms with van der Waals surface area (Å²) < 4.78 is 5.51. The molecule has 0 radical (unpaired) electrons. The normalized spacial score (nSPS) is 9.89. The molecule has 2 aromatic rings. The Bertz CT molecular complexity index is 543. The van der Waals surface area contributed by atoms with Crippen LogP contribution in [-0.2, 0) is 0 Å². The molecule has 98 valence electrons. The molecule has 0 aliphatic carbocycles. The van der Waals surface area contributed by atoms with Crippen LogP contribution in [0.15, 0.2) is 54.6 Å². The summed E-state index contributed by atoms with van der Waals surface area (Å²) in [6.45, 7) is 1.07. The smallest absolute Gasteiger partial charge is 0.271 e. The minimum absolute atomic E-state index is 0.0778. The molecule has 0 unspecified atom stereocenters. The fraction of sp³-hybridized carbons (Fsp3) is 0.143. The molecule has 0 aliphatic heterocycles. The monoisotopic (exact) mass is 258 g/mol. The summed E-state index contributed by atoms with van der Waals surface area (Å²) in [4.78, 5) is 10.2. The van der Waals surface area contributed by atoms with Crippen molar-refractivity contribution >= 4 is 11.4 Å². The van der Waals surface area contributed by atoms with E-state index < -0.39 is 4.92 Å². The van der Waals surface area contributed by atoms with Crippen molar-refractivity contribution < 1.29 is 9.66 Å². The zero-order valence-corrected chi connectivity index (χ0v) is 10.3. The maximum Gasteiger partial charge on any atom is 0.271 e. The van der Waals surface area contributed by atoms with Crippen molar-refractivity contribution in [2.75, 3.05) is 18.5 Å². The van der Waals surface area contributed by atoms with Gasteiger partial charge in [-0.25, -0.2) is 0 Å². The summed E-state index contributed by atoms with van der Waals surface area (Å²) in [5, 5.41) is 13.7. The molecule has 1 N–H and O–H groups in total. The van der Waals surface area contributed by atoms with Gasteiger partial charge in [0.1, 0.15) is 12.4 Å². The van der Waals surface area contributed by atoms with E-state index in [1.807, 2.05) is 30.3 Å². The number of nitro groups is 1. The van der Waals surface area contributed by atoms with Crippen LogP contribution >= 0.6 is 0 Å². The molecule has 0 saturated heterocycles. The lowest BCUT2D eigenvalue weighted by molar-refractivity contribution is -0.384. The summed E-state index contributed by atoms with van der Waals surface area (Å²) >= 11 is 0. The predicted molar refractivity (Wildman–Crippen MR) is 73.5 cm³/mol. The molecule has 0 aliphatic rings. The summed E-state index contributed by atoms with van der Waals surface area (Å²) in [5.41, 5.74) is 0.792. The van der Waals surface area contributed by atoms with Crippen molar-refractivity contribution in [3.63, 3.8) is 0 Å². The quantitative estimate of drug-likeness (QED) is 0.491. The number of hydrogen-bond acceptors (Lipinski definition) is 4. The molecular weight excluding hydrogens is 244 g/mol. The van der Waals surface area contributed by atoms with Gasteiger partial charge in [0.25, 0.3) is 5.69 Å². The van der Waals surface area contributed by atoms with Crippen LogP contribution in [-0.4, -0.2) is 18.1 Å². The fourth-order valence-corrected chi connectivity index (χ4v) is 1.61. The number of nitrogens with zero attached hydrogens (tertiary/aromatic N) is 1. The maximum absolute atomic E-state index is 10.6. The third-order valence-electron chi connectivity index (χ3n) is 2.50. The first-order valence-corrected chi connectivity index (χ1v) is 5.92. The highest BCUT2D eigenvalue weighted by atomic mass is 16.6. The van der Waals surface area contributed by atoms with Gasteiger partial charge < -0.3 is 10.1 Å². The van der Waals surface area contributed by atoms with E-state index in [4.69, 9.17) is 4.74 Å². The molecule has 0 atom stereocenters. The first-order valence-electron chi connectivity index (χ1n) is 5.92. The Labute approximate surface area is 111 Å². The van der Waals surface area contributed by atoms with Crippen molar-refractivity contribution in [1.82, 2.24) is 0 Å². The predicted octanol–water partition coefficient (Wildman–Crippen LogP) is 3.09. The van der Waals surface area contributed by atoms with Crippen LogP contribution in [0.2, 0.25) is 0 Å². The number of hydrogen-bond donors (Lipinski definition) is 1. The Balaban J connectivity index is 1.80. The van der Waals surface area contributed by atoms with Gasteiger partial charge >= 0.3 is 0 Å². The third-order valence-corrected chi connectivity index (χ3v) is 2.50. The number of benzene rings is 2. The molecule has 2 rings (SSSR count). The minimum atomic E-state index is -0.411. The number of para-hydroxylation sites is 1. The molecule has 2 aromatic carbocycles. The summed E-state index contributed by atoms with van der Waals surface area (Å²) in [6.07, 6.45) is 0. The van der Waals surface area contributed by atoms with Gasteiger partial charge in [0.15, 0.2) is 0 Å². The Morgan fingerprint density at radius 2 is 1.89 bits per heavy atom. The lowest BCUT2D eigenvalue weighted by Crippen LogP contribution is -2.11. The second kappa shape index (κ2) is 6.39. The van der Waals surface area contributed by atoms with Crippen LogP contribution in [0.3, 0.4) is 0 Å². The van der Waals surface area contributed by atoms with Gasteiger partial charge in [0.05, 0.1) is 4.92 Å². The highest BCUT2D eigenvalue weighted by molar-refractivity contribution is 5.50. The van der Waals surface area contributed by atoms with Crippen LogP contribution in [0.25, 0.3) is 0 Å². The average molecular weight is 258 g/mol. The molecule has 5 nitrogen and oxygen atoms in total. The van der Waals surface area contributed by atoms with Gasteiger partial charge in [-0.3, -0.25) is 10.1 Å². The fourth-order valence-electron chi connectivity index (χ4n) is 1.61. The molecule has 0 fully saturated rings. The van der Waals surface area contributed by atoms with Gasteiger partial charge in [-0.05, 0) is 18.2 Å². The van der Waals surface area contributed by atoms with E-state index in [1.165, 1.54) is 12.1 Å². The van der Waals surface area contributed by atoms with E-state index in [2.05, 4.69) is 5.32 Å². The van der Waals surface area contributed by atoms with Gasteiger partial charge in [0.2, 0.25) is 0 Å². The molecule has 0 amide bonds. The third kappa shape index (κ3) is 3.99. The molecule has 5 heteroatoms. The van der Waals surface area contributed by atoms with E-state index in [0.717, 1.165) is 5.75 Å². The van der Waals surface area contributed by atoms with E-state index in [9.17, 15) is 10.1 Å². The van der Waals surface area contributed by atoms with Crippen LogP contribution in [0.4, 0.5) is 11.4 Å². The van der Waals surface area contributed by atoms with E-state index in [0.29, 0.717) is 18.8 Å². The molecule has 0 bridgehead atoms. The van der Waals surface area contributed by atoms with Crippen LogP contribution in [0.1, 0.15) is 0 Å². The second-order valence-corrected chi connectivity index (χ2v) is 3.90. The van der Waals surface area contributed by atoms with Gasteiger partial charge in [-0.1, -0.05) is 24.3 Å². The Kier molecular flexibility index (Phi) is 4.34. The standard InChI is InChI=1S/C14H14N2O3/c17-16(18)13-6-4-5-12(11-13)15-9-10-19-14-7-2-1-3-8-14/h1-8,11,15H,9-10H2. The average Bonchev–Trinajstić information content (AvgIpc) is 2.45. The van der Waals surface area contributed by atoms with Crippen molar-refractivity contribution in [3.05, 3.63) is 64.7 Å². The molecular formula is C14H14N2O3. The Morgan fingerprint density at radius 3 is 2.63 bits per heavy atom. The van der Waals surface area contributed by atoms with E-state index >= 15 is 0 Å². The SMILES string of the molecule is O=[N+]([O-])c1cccc(NCCOc2ccccc2)c1.